The summed E-state index contributed by atoms with van der Waals surface area (Å²) in [6.45, 7) is 5.16. The minimum absolute atomic E-state index is 0.0414. The highest BCUT2D eigenvalue weighted by Crippen LogP contribution is 2.40. The number of carbonyl (C=O) groups is 2. The highest BCUT2D eigenvalue weighted by Gasteiger charge is 2.38. The SMILES string of the molecule is COC(=O)C1=C(C)NC(C)=C(C(=O)OC/C=C(\C)c2ccc(O)cc2)C1c1cccc([N+](=O)[O-])c1. The second-order valence-electron chi connectivity index (χ2n) is 8.01. The van der Waals surface area contributed by atoms with Gasteiger partial charge < -0.3 is 19.9 Å². The minimum atomic E-state index is -0.918. The lowest BCUT2D eigenvalue weighted by molar-refractivity contribution is -0.384. The molecule has 0 fully saturated rings. The van der Waals surface area contributed by atoms with Gasteiger partial charge in [0, 0.05) is 23.5 Å². The van der Waals surface area contributed by atoms with Gasteiger partial charge in [0.15, 0.2) is 0 Å². The standard InChI is InChI=1S/C26H26N2O7/c1-15(18-8-10-21(29)11-9-18)12-13-35-26(31)23-17(3)27-16(2)22(25(30)34-4)24(23)19-6-5-7-20(14-19)28(32)33/h5-12,14,24,27,29H,13H2,1-4H3/b15-12+. The number of allylic oxidation sites excluding steroid dienone is 3. The Labute approximate surface area is 202 Å². The van der Waals surface area contributed by atoms with Crippen LogP contribution in [0.1, 0.15) is 37.8 Å². The molecule has 2 aromatic rings. The van der Waals surface area contributed by atoms with E-state index in [0.29, 0.717) is 17.0 Å². The molecule has 1 aliphatic rings. The molecule has 2 N–H and O–H groups in total. The molecule has 0 saturated carbocycles. The summed E-state index contributed by atoms with van der Waals surface area (Å²) < 4.78 is 10.5. The van der Waals surface area contributed by atoms with Crippen LogP contribution < -0.4 is 5.32 Å². The fraction of sp³-hybridized carbons (Fsp3) is 0.231. The van der Waals surface area contributed by atoms with Crippen molar-refractivity contribution in [2.75, 3.05) is 13.7 Å². The van der Waals surface area contributed by atoms with Crippen LogP contribution in [0, 0.1) is 10.1 Å². The number of dihydropyridines is 1. The number of nitro benzene ring substituents is 1. The van der Waals surface area contributed by atoms with Crippen LogP contribution in [0.5, 0.6) is 5.75 Å². The number of nitro groups is 1. The van der Waals surface area contributed by atoms with Gasteiger partial charge in [-0.3, -0.25) is 10.1 Å². The predicted molar refractivity (Wildman–Crippen MR) is 129 cm³/mol. The van der Waals surface area contributed by atoms with Crippen molar-refractivity contribution in [3.63, 3.8) is 0 Å². The number of rotatable bonds is 7. The molecule has 1 heterocycles. The number of nitrogens with zero attached hydrogens (tertiary/aromatic N) is 1. The van der Waals surface area contributed by atoms with E-state index in [1.807, 2.05) is 6.92 Å². The number of phenolic OH excluding ortho intramolecular Hbond substituents is 1. The average Bonchev–Trinajstić information content (AvgIpc) is 2.83. The zero-order valence-electron chi connectivity index (χ0n) is 19.8. The molecular weight excluding hydrogens is 452 g/mol. The number of methoxy groups -OCH3 is 1. The zero-order valence-corrected chi connectivity index (χ0v) is 19.8. The first-order chi connectivity index (χ1) is 16.6. The van der Waals surface area contributed by atoms with Gasteiger partial charge in [0.1, 0.15) is 12.4 Å². The van der Waals surface area contributed by atoms with Gasteiger partial charge in [0.05, 0.1) is 29.1 Å². The van der Waals surface area contributed by atoms with E-state index < -0.39 is 22.8 Å². The molecule has 0 amide bonds. The summed E-state index contributed by atoms with van der Waals surface area (Å²) in [4.78, 5) is 36.7. The summed E-state index contributed by atoms with van der Waals surface area (Å²) in [5, 5.41) is 23.8. The van der Waals surface area contributed by atoms with E-state index in [2.05, 4.69) is 5.32 Å². The number of phenols is 1. The highest BCUT2D eigenvalue weighted by molar-refractivity contribution is 6.00. The van der Waals surface area contributed by atoms with Crippen molar-refractivity contribution in [3.05, 3.63) is 98.4 Å². The summed E-state index contributed by atoms with van der Waals surface area (Å²) in [6.07, 6.45) is 1.72. The lowest BCUT2D eigenvalue weighted by Crippen LogP contribution is -2.32. The molecule has 9 nitrogen and oxygen atoms in total. The molecule has 0 aliphatic carbocycles. The number of carbonyl (C=O) groups excluding carboxylic acids is 2. The fourth-order valence-electron chi connectivity index (χ4n) is 3.96. The van der Waals surface area contributed by atoms with Crippen LogP contribution in [0.3, 0.4) is 0 Å². The van der Waals surface area contributed by atoms with Crippen LogP contribution in [-0.4, -0.2) is 35.7 Å². The molecule has 1 aliphatic heterocycles. The Hall–Kier alpha value is -4.40. The number of non-ortho nitro benzene ring substituents is 1. The van der Waals surface area contributed by atoms with Crippen LogP contribution in [-0.2, 0) is 19.1 Å². The van der Waals surface area contributed by atoms with E-state index in [-0.39, 0.29) is 29.2 Å². The quantitative estimate of drug-likeness (QED) is 0.341. The minimum Gasteiger partial charge on any atom is -0.508 e. The third-order valence-electron chi connectivity index (χ3n) is 5.73. The number of hydrogen-bond donors (Lipinski definition) is 2. The van der Waals surface area contributed by atoms with Gasteiger partial charge in [-0.1, -0.05) is 24.3 Å². The molecule has 0 saturated heterocycles. The number of esters is 2. The predicted octanol–water partition coefficient (Wildman–Crippen LogP) is 4.35. The van der Waals surface area contributed by atoms with Crippen molar-refractivity contribution in [2.45, 2.75) is 26.7 Å². The average molecular weight is 479 g/mol. The maximum absolute atomic E-state index is 13.2. The van der Waals surface area contributed by atoms with E-state index >= 15 is 0 Å². The monoisotopic (exact) mass is 478 g/mol. The number of nitrogens with one attached hydrogen (secondary N) is 1. The molecule has 0 radical (unpaired) electrons. The Morgan fingerprint density at radius 2 is 1.71 bits per heavy atom. The number of aromatic hydroxyl groups is 1. The lowest BCUT2D eigenvalue weighted by Gasteiger charge is -2.30. The summed E-state index contributed by atoms with van der Waals surface area (Å²) >= 11 is 0. The van der Waals surface area contributed by atoms with Crippen molar-refractivity contribution < 1.29 is 29.1 Å². The second kappa shape index (κ2) is 10.7. The van der Waals surface area contributed by atoms with Crippen molar-refractivity contribution in [1.82, 2.24) is 5.32 Å². The first kappa shape index (κ1) is 25.2. The summed E-state index contributed by atoms with van der Waals surface area (Å²) in [5.74, 6) is -2.10. The molecule has 0 aromatic heterocycles. The Morgan fingerprint density at radius 3 is 2.31 bits per heavy atom. The topological polar surface area (TPSA) is 128 Å². The molecule has 0 bridgehead atoms. The van der Waals surface area contributed by atoms with Crippen molar-refractivity contribution in [1.29, 1.82) is 0 Å². The van der Waals surface area contributed by atoms with Gasteiger partial charge in [-0.2, -0.15) is 0 Å². The first-order valence-electron chi connectivity index (χ1n) is 10.8. The van der Waals surface area contributed by atoms with Gasteiger partial charge >= 0.3 is 11.9 Å². The molecule has 1 atom stereocenters. The van der Waals surface area contributed by atoms with E-state index in [1.54, 1.807) is 50.3 Å². The van der Waals surface area contributed by atoms with Crippen LogP contribution in [0.25, 0.3) is 5.57 Å². The maximum Gasteiger partial charge on any atom is 0.337 e. The van der Waals surface area contributed by atoms with E-state index in [0.717, 1.165) is 11.1 Å². The van der Waals surface area contributed by atoms with Crippen LogP contribution in [0.2, 0.25) is 0 Å². The van der Waals surface area contributed by atoms with Gasteiger partial charge in [0.25, 0.3) is 5.69 Å². The van der Waals surface area contributed by atoms with Crippen molar-refractivity contribution >= 4 is 23.2 Å². The van der Waals surface area contributed by atoms with Gasteiger partial charge in [-0.25, -0.2) is 9.59 Å². The maximum atomic E-state index is 13.2. The Bertz CT molecular complexity index is 1260. The molecular formula is C26H26N2O7. The lowest BCUT2D eigenvalue weighted by atomic mass is 9.80. The molecule has 1 unspecified atom stereocenters. The molecule has 3 rings (SSSR count). The van der Waals surface area contributed by atoms with Crippen molar-refractivity contribution in [2.24, 2.45) is 0 Å². The summed E-state index contributed by atoms with van der Waals surface area (Å²) in [7, 11) is 1.23. The van der Waals surface area contributed by atoms with E-state index in [9.17, 15) is 24.8 Å². The third kappa shape index (κ3) is 5.57. The van der Waals surface area contributed by atoms with Crippen LogP contribution in [0.4, 0.5) is 5.69 Å². The Morgan fingerprint density at radius 1 is 1.09 bits per heavy atom. The van der Waals surface area contributed by atoms with E-state index in [1.165, 1.54) is 25.3 Å². The van der Waals surface area contributed by atoms with Crippen molar-refractivity contribution in [3.8, 4) is 5.75 Å². The Balaban J connectivity index is 1.95. The third-order valence-corrected chi connectivity index (χ3v) is 5.73. The molecule has 9 heteroatoms. The summed E-state index contributed by atoms with van der Waals surface area (Å²) in [5.41, 5.74) is 3.19. The Kier molecular flexibility index (Phi) is 7.70. The molecule has 0 spiro atoms. The smallest absolute Gasteiger partial charge is 0.337 e. The van der Waals surface area contributed by atoms with E-state index in [4.69, 9.17) is 9.47 Å². The van der Waals surface area contributed by atoms with Crippen LogP contribution in [0.15, 0.2) is 77.1 Å². The van der Waals surface area contributed by atoms with Crippen LogP contribution >= 0.6 is 0 Å². The van der Waals surface area contributed by atoms with Gasteiger partial charge in [-0.15, -0.1) is 0 Å². The first-order valence-corrected chi connectivity index (χ1v) is 10.8. The second-order valence-corrected chi connectivity index (χ2v) is 8.01. The summed E-state index contributed by atoms with van der Waals surface area (Å²) in [6, 6.07) is 12.4. The normalized spacial score (nSPS) is 16.0. The molecule has 182 valence electrons. The van der Waals surface area contributed by atoms with Gasteiger partial charge in [-0.05, 0) is 55.7 Å². The zero-order chi connectivity index (χ0) is 25.7. The molecule has 2 aromatic carbocycles. The number of benzene rings is 2. The largest absolute Gasteiger partial charge is 0.508 e. The fourth-order valence-corrected chi connectivity index (χ4v) is 3.96. The van der Waals surface area contributed by atoms with Gasteiger partial charge in [0.2, 0.25) is 0 Å². The number of hydrogen-bond acceptors (Lipinski definition) is 8. The number of ether oxygens (including phenoxy) is 2. The molecule has 35 heavy (non-hydrogen) atoms. The highest BCUT2D eigenvalue weighted by atomic mass is 16.6.